The van der Waals surface area contributed by atoms with E-state index >= 15 is 0 Å². The lowest BCUT2D eigenvalue weighted by Crippen LogP contribution is -2.42. The first-order valence-corrected chi connectivity index (χ1v) is 14.4. The first-order chi connectivity index (χ1) is 18.7. The predicted molar refractivity (Wildman–Crippen MR) is 164 cm³/mol. The maximum atomic E-state index is 12.3. The number of nitrogens with zero attached hydrogens (tertiary/aromatic N) is 3. The summed E-state index contributed by atoms with van der Waals surface area (Å²) >= 11 is 11.8. The molecular formula is C29H37Cl3N6O2. The number of pyridine rings is 2. The van der Waals surface area contributed by atoms with Gasteiger partial charge >= 0.3 is 6.09 Å². The van der Waals surface area contributed by atoms with Gasteiger partial charge in [-0.15, -0.1) is 12.4 Å². The first-order valence-electron chi connectivity index (χ1n) is 13.6. The molecule has 6 heterocycles. The van der Waals surface area contributed by atoms with Gasteiger partial charge in [0.15, 0.2) is 0 Å². The lowest BCUT2D eigenvalue weighted by atomic mass is 9.91. The van der Waals surface area contributed by atoms with E-state index in [0.29, 0.717) is 22.8 Å². The van der Waals surface area contributed by atoms with Gasteiger partial charge in [-0.1, -0.05) is 23.2 Å². The molecule has 8 nitrogen and oxygen atoms in total. The number of hydrogen-bond donors (Lipinski definition) is 3. The van der Waals surface area contributed by atoms with E-state index < -0.39 is 5.60 Å². The highest BCUT2D eigenvalue weighted by Crippen LogP contribution is 2.33. The molecule has 2 saturated heterocycles. The highest BCUT2D eigenvalue weighted by atomic mass is 35.5. The van der Waals surface area contributed by atoms with E-state index in [1.165, 1.54) is 29.4 Å². The Kier molecular flexibility index (Phi) is 9.88. The first kappa shape index (κ1) is 30.4. The Morgan fingerprint density at radius 1 is 0.925 bits per heavy atom. The Bertz CT molecular complexity index is 1440. The lowest BCUT2D eigenvalue weighted by Gasteiger charge is -2.34. The topological polar surface area (TPSA) is 98.9 Å². The Balaban J connectivity index is 0.000000191. The number of nitrogens with one attached hydrogen (secondary N) is 3. The third kappa shape index (κ3) is 7.21. The van der Waals surface area contributed by atoms with E-state index in [-0.39, 0.29) is 24.4 Å². The van der Waals surface area contributed by atoms with Crippen LogP contribution >= 0.6 is 35.6 Å². The summed E-state index contributed by atoms with van der Waals surface area (Å²) in [5.41, 5.74) is 3.78. The summed E-state index contributed by atoms with van der Waals surface area (Å²) in [6.45, 7) is 9.30. The average Bonchev–Trinajstić information content (AvgIpc) is 3.52. The van der Waals surface area contributed by atoms with Crippen molar-refractivity contribution < 1.29 is 9.53 Å². The number of H-pyrrole nitrogens is 2. The molecule has 2 aliphatic rings. The van der Waals surface area contributed by atoms with Crippen molar-refractivity contribution in [3.05, 3.63) is 58.1 Å². The van der Waals surface area contributed by atoms with Crippen molar-refractivity contribution in [2.75, 3.05) is 26.2 Å². The van der Waals surface area contributed by atoms with Crippen molar-refractivity contribution in [1.29, 1.82) is 0 Å². The third-order valence-electron chi connectivity index (χ3n) is 7.32. The molecule has 2 fully saturated rings. The van der Waals surface area contributed by atoms with Crippen LogP contribution in [-0.2, 0) is 4.74 Å². The van der Waals surface area contributed by atoms with Crippen molar-refractivity contribution in [3.63, 3.8) is 0 Å². The number of likely N-dealkylation sites (tertiary alicyclic amines) is 1. The molecule has 4 aromatic rings. The summed E-state index contributed by atoms with van der Waals surface area (Å²) in [6.07, 6.45) is 8.35. The van der Waals surface area contributed by atoms with E-state index in [1.807, 2.05) is 44.0 Å². The molecule has 0 bridgehead atoms. The van der Waals surface area contributed by atoms with Crippen LogP contribution in [-0.4, -0.2) is 62.7 Å². The van der Waals surface area contributed by atoms with Crippen LogP contribution in [0.3, 0.4) is 0 Å². The molecule has 0 radical (unpaired) electrons. The molecule has 1 amide bonds. The molecule has 2 aliphatic heterocycles. The Hall–Kier alpha value is -2.52. The van der Waals surface area contributed by atoms with Gasteiger partial charge in [-0.3, -0.25) is 0 Å². The van der Waals surface area contributed by atoms with Gasteiger partial charge in [-0.05, 0) is 94.3 Å². The van der Waals surface area contributed by atoms with Gasteiger partial charge in [0.05, 0.1) is 0 Å². The molecule has 0 spiro atoms. The lowest BCUT2D eigenvalue weighted by molar-refractivity contribution is 0.0198. The van der Waals surface area contributed by atoms with Gasteiger partial charge in [0, 0.05) is 48.7 Å². The van der Waals surface area contributed by atoms with Crippen molar-refractivity contribution in [2.24, 2.45) is 0 Å². The second-order valence-corrected chi connectivity index (χ2v) is 12.1. The fourth-order valence-electron chi connectivity index (χ4n) is 5.52. The van der Waals surface area contributed by atoms with Crippen LogP contribution in [0.4, 0.5) is 4.79 Å². The second kappa shape index (κ2) is 13.0. The SMILES string of the molecule is CC(C)(C)OC(=O)N1CCCC(c2c[nH]c3nc(Cl)ccc23)C1.Cl.Clc1ccc2c(C3CCCNC3)c[nH]c2n1. The predicted octanol–water partition coefficient (Wildman–Crippen LogP) is 7.44. The zero-order valence-corrected chi connectivity index (χ0v) is 25.4. The molecule has 0 saturated carbocycles. The molecule has 6 rings (SSSR count). The molecule has 11 heteroatoms. The highest BCUT2D eigenvalue weighted by Gasteiger charge is 2.29. The number of halogens is 3. The summed E-state index contributed by atoms with van der Waals surface area (Å²) < 4.78 is 5.50. The summed E-state index contributed by atoms with van der Waals surface area (Å²) in [6, 6.07) is 7.71. The zero-order chi connectivity index (χ0) is 27.6. The van der Waals surface area contributed by atoms with Crippen LogP contribution in [0.2, 0.25) is 10.3 Å². The number of fused-ring (bicyclic) bond motifs is 2. The molecule has 2 atom stereocenters. The largest absolute Gasteiger partial charge is 0.444 e. The number of carbonyl (C=O) groups is 1. The van der Waals surface area contributed by atoms with Gasteiger partial charge in [0.1, 0.15) is 27.2 Å². The van der Waals surface area contributed by atoms with Gasteiger partial charge in [-0.25, -0.2) is 14.8 Å². The Morgan fingerprint density at radius 3 is 2.05 bits per heavy atom. The normalized spacial score (nSPS) is 19.6. The average molecular weight is 608 g/mol. The fraction of sp³-hybridized carbons (Fsp3) is 0.483. The Morgan fingerprint density at radius 2 is 1.50 bits per heavy atom. The minimum atomic E-state index is -0.467. The fourth-order valence-corrected chi connectivity index (χ4v) is 5.82. The molecule has 3 N–H and O–H groups in total. The van der Waals surface area contributed by atoms with Gasteiger partial charge in [0.25, 0.3) is 0 Å². The highest BCUT2D eigenvalue weighted by molar-refractivity contribution is 6.30. The quantitative estimate of drug-likeness (QED) is 0.206. The monoisotopic (exact) mass is 606 g/mol. The number of piperidine rings is 2. The van der Waals surface area contributed by atoms with E-state index in [1.54, 1.807) is 6.07 Å². The minimum absolute atomic E-state index is 0. The van der Waals surface area contributed by atoms with Gasteiger partial charge in [-0.2, -0.15) is 0 Å². The molecule has 4 aromatic heterocycles. The molecule has 40 heavy (non-hydrogen) atoms. The van der Waals surface area contributed by atoms with Crippen molar-refractivity contribution in [3.8, 4) is 0 Å². The number of ether oxygens (including phenoxy) is 1. The van der Waals surface area contributed by atoms with Crippen LogP contribution in [0, 0.1) is 0 Å². The maximum absolute atomic E-state index is 12.3. The number of aromatic nitrogens is 4. The van der Waals surface area contributed by atoms with E-state index in [4.69, 9.17) is 27.9 Å². The summed E-state index contributed by atoms with van der Waals surface area (Å²) in [5.74, 6) is 0.887. The third-order valence-corrected chi connectivity index (χ3v) is 7.74. The number of hydrogen-bond acceptors (Lipinski definition) is 5. The van der Waals surface area contributed by atoms with Crippen LogP contribution in [0.25, 0.3) is 22.1 Å². The molecule has 0 aliphatic carbocycles. The number of aromatic amines is 2. The number of rotatable bonds is 2. The van der Waals surface area contributed by atoms with Crippen molar-refractivity contribution in [2.45, 2.75) is 63.9 Å². The zero-order valence-electron chi connectivity index (χ0n) is 23.1. The summed E-state index contributed by atoms with van der Waals surface area (Å²) in [4.78, 5) is 29.1. The smallest absolute Gasteiger partial charge is 0.410 e. The summed E-state index contributed by atoms with van der Waals surface area (Å²) in [7, 11) is 0. The van der Waals surface area contributed by atoms with Crippen molar-refractivity contribution >= 4 is 63.8 Å². The van der Waals surface area contributed by atoms with E-state index in [2.05, 4.69) is 37.5 Å². The minimum Gasteiger partial charge on any atom is -0.444 e. The van der Waals surface area contributed by atoms with Crippen LogP contribution in [0.1, 0.15) is 69.4 Å². The van der Waals surface area contributed by atoms with E-state index in [9.17, 15) is 4.79 Å². The van der Waals surface area contributed by atoms with E-state index in [0.717, 1.165) is 49.2 Å². The summed E-state index contributed by atoms with van der Waals surface area (Å²) in [5, 5.41) is 6.74. The second-order valence-electron chi connectivity index (χ2n) is 11.4. The van der Waals surface area contributed by atoms with Crippen molar-refractivity contribution in [1.82, 2.24) is 30.2 Å². The number of carbonyl (C=O) groups excluding carboxylic acids is 1. The molecule has 216 valence electrons. The molecule has 0 aromatic carbocycles. The van der Waals surface area contributed by atoms with Gasteiger partial charge in [0.2, 0.25) is 0 Å². The molecule has 2 unspecified atom stereocenters. The maximum Gasteiger partial charge on any atom is 0.410 e. The molecular weight excluding hydrogens is 571 g/mol. The van der Waals surface area contributed by atoms with Crippen LogP contribution < -0.4 is 5.32 Å². The van der Waals surface area contributed by atoms with Crippen LogP contribution in [0.5, 0.6) is 0 Å². The van der Waals surface area contributed by atoms with Crippen LogP contribution in [0.15, 0.2) is 36.7 Å². The van der Waals surface area contributed by atoms with Gasteiger partial charge < -0.3 is 24.9 Å². The number of amides is 1. The Labute approximate surface area is 251 Å². The standard InChI is InChI=1S/C17H22ClN3O2.C12H14ClN3.ClH/c1-17(2,3)23-16(22)21-8-4-5-11(10-21)13-9-19-15-12(13)6-7-14(18)20-15;13-11-4-3-9-10(7-15-12(9)16-11)8-2-1-5-14-6-8;/h6-7,9,11H,4-5,8,10H2,1-3H3,(H,19,20);3-4,7-8,14H,1-2,5-6H2,(H,15,16);1H.